The molecule has 4 nitrogen and oxygen atoms in total. The Hall–Kier alpha value is -1.10. The standard InChI is InChI=1S/C13H21NO3/c1-13(14,10-16)7-9-17-12-5-3-2-4-11(12)6-8-15/h2-5,15-16H,6-10,14H2,1H3. The molecule has 1 aromatic rings. The molecule has 1 rings (SSSR count). The van der Waals surface area contributed by atoms with Gasteiger partial charge in [0.25, 0.3) is 0 Å². The summed E-state index contributed by atoms with van der Waals surface area (Å²) >= 11 is 0. The van der Waals surface area contributed by atoms with Crippen LogP contribution < -0.4 is 10.5 Å². The van der Waals surface area contributed by atoms with Crippen molar-refractivity contribution in [3.8, 4) is 5.75 Å². The predicted octanol–water partition coefficient (Wildman–Crippen LogP) is 0.700. The van der Waals surface area contributed by atoms with Crippen LogP contribution in [0.4, 0.5) is 0 Å². The van der Waals surface area contributed by atoms with Gasteiger partial charge >= 0.3 is 0 Å². The van der Waals surface area contributed by atoms with Crippen molar-refractivity contribution in [3.05, 3.63) is 29.8 Å². The fraction of sp³-hybridized carbons (Fsp3) is 0.538. The Morgan fingerprint density at radius 3 is 2.65 bits per heavy atom. The van der Waals surface area contributed by atoms with Crippen LogP contribution in [0, 0.1) is 0 Å². The Bertz CT molecular complexity index is 339. The average molecular weight is 239 g/mol. The summed E-state index contributed by atoms with van der Waals surface area (Å²) in [4.78, 5) is 0. The molecule has 96 valence electrons. The number of aliphatic hydroxyl groups excluding tert-OH is 2. The van der Waals surface area contributed by atoms with Gasteiger partial charge in [-0.15, -0.1) is 0 Å². The molecule has 0 bridgehead atoms. The van der Waals surface area contributed by atoms with Crippen LogP contribution in [0.25, 0.3) is 0 Å². The number of hydrogen-bond acceptors (Lipinski definition) is 4. The summed E-state index contributed by atoms with van der Waals surface area (Å²) in [5.74, 6) is 0.773. The predicted molar refractivity (Wildman–Crippen MR) is 67.0 cm³/mol. The van der Waals surface area contributed by atoms with Crippen LogP contribution in [0.3, 0.4) is 0 Å². The van der Waals surface area contributed by atoms with Gasteiger partial charge in [0, 0.05) is 18.6 Å². The smallest absolute Gasteiger partial charge is 0.122 e. The van der Waals surface area contributed by atoms with Crippen LogP contribution in [-0.4, -0.2) is 35.6 Å². The first kappa shape index (κ1) is 14.0. The molecule has 0 saturated heterocycles. The first-order chi connectivity index (χ1) is 8.09. The van der Waals surface area contributed by atoms with E-state index in [0.29, 0.717) is 19.4 Å². The number of ether oxygens (including phenoxy) is 1. The van der Waals surface area contributed by atoms with Gasteiger partial charge in [-0.1, -0.05) is 18.2 Å². The zero-order valence-corrected chi connectivity index (χ0v) is 10.2. The zero-order chi connectivity index (χ0) is 12.7. The van der Waals surface area contributed by atoms with E-state index in [4.69, 9.17) is 20.7 Å². The van der Waals surface area contributed by atoms with Gasteiger partial charge < -0.3 is 20.7 Å². The van der Waals surface area contributed by atoms with Crippen molar-refractivity contribution >= 4 is 0 Å². The highest BCUT2D eigenvalue weighted by Gasteiger charge is 2.16. The molecule has 0 fully saturated rings. The Morgan fingerprint density at radius 1 is 1.29 bits per heavy atom. The van der Waals surface area contributed by atoms with Crippen molar-refractivity contribution in [2.75, 3.05) is 19.8 Å². The maximum atomic E-state index is 9.02. The quantitative estimate of drug-likeness (QED) is 0.654. The molecule has 0 spiro atoms. The molecule has 0 aliphatic rings. The van der Waals surface area contributed by atoms with E-state index in [2.05, 4.69) is 0 Å². The van der Waals surface area contributed by atoms with Crippen molar-refractivity contribution < 1.29 is 14.9 Å². The van der Waals surface area contributed by atoms with Crippen LogP contribution >= 0.6 is 0 Å². The first-order valence-electron chi connectivity index (χ1n) is 5.80. The minimum Gasteiger partial charge on any atom is -0.493 e. The van der Waals surface area contributed by atoms with Crippen molar-refractivity contribution in [2.24, 2.45) is 5.73 Å². The fourth-order valence-electron chi connectivity index (χ4n) is 1.44. The Morgan fingerprint density at radius 2 is 2.00 bits per heavy atom. The maximum Gasteiger partial charge on any atom is 0.122 e. The number of benzene rings is 1. The molecule has 0 heterocycles. The van der Waals surface area contributed by atoms with E-state index in [1.165, 1.54) is 0 Å². The van der Waals surface area contributed by atoms with Gasteiger partial charge in [0.2, 0.25) is 0 Å². The molecule has 0 amide bonds. The van der Waals surface area contributed by atoms with E-state index in [0.717, 1.165) is 11.3 Å². The molecule has 0 radical (unpaired) electrons. The van der Waals surface area contributed by atoms with Crippen LogP contribution in [0.15, 0.2) is 24.3 Å². The highest BCUT2D eigenvalue weighted by atomic mass is 16.5. The van der Waals surface area contributed by atoms with Crippen LogP contribution in [0.1, 0.15) is 18.9 Å². The van der Waals surface area contributed by atoms with Gasteiger partial charge in [-0.2, -0.15) is 0 Å². The van der Waals surface area contributed by atoms with Gasteiger partial charge in [-0.05, 0) is 25.0 Å². The third-order valence-corrected chi connectivity index (χ3v) is 2.65. The summed E-state index contributed by atoms with van der Waals surface area (Å²) in [6.07, 6.45) is 1.16. The Balaban J connectivity index is 2.51. The molecule has 0 aromatic heterocycles. The van der Waals surface area contributed by atoms with E-state index in [9.17, 15) is 0 Å². The molecule has 0 aliphatic carbocycles. The van der Waals surface area contributed by atoms with Crippen LogP contribution in [-0.2, 0) is 6.42 Å². The second kappa shape index (κ2) is 6.59. The monoisotopic (exact) mass is 239 g/mol. The maximum absolute atomic E-state index is 9.02. The van der Waals surface area contributed by atoms with Gasteiger partial charge in [0.15, 0.2) is 0 Å². The number of aliphatic hydroxyl groups is 2. The van der Waals surface area contributed by atoms with Crippen molar-refractivity contribution in [1.82, 2.24) is 0 Å². The normalized spacial score (nSPS) is 14.4. The van der Waals surface area contributed by atoms with E-state index >= 15 is 0 Å². The molecular weight excluding hydrogens is 218 g/mol. The van der Waals surface area contributed by atoms with E-state index in [1.54, 1.807) is 6.92 Å². The van der Waals surface area contributed by atoms with Gasteiger partial charge in [-0.3, -0.25) is 0 Å². The lowest BCUT2D eigenvalue weighted by molar-refractivity contribution is 0.174. The summed E-state index contributed by atoms with van der Waals surface area (Å²) in [6, 6.07) is 7.61. The molecule has 4 N–H and O–H groups in total. The molecule has 0 aliphatic heterocycles. The van der Waals surface area contributed by atoms with Crippen molar-refractivity contribution in [1.29, 1.82) is 0 Å². The van der Waals surface area contributed by atoms with Gasteiger partial charge in [-0.25, -0.2) is 0 Å². The molecule has 17 heavy (non-hydrogen) atoms. The summed E-state index contributed by atoms with van der Waals surface area (Å²) < 4.78 is 5.63. The number of nitrogens with two attached hydrogens (primary N) is 1. The Kier molecular flexibility index (Phi) is 5.41. The van der Waals surface area contributed by atoms with Crippen LogP contribution in [0.2, 0.25) is 0 Å². The Labute approximate surface area is 102 Å². The topological polar surface area (TPSA) is 75.7 Å². The summed E-state index contributed by atoms with van der Waals surface area (Å²) in [5, 5.41) is 17.9. The fourth-order valence-corrected chi connectivity index (χ4v) is 1.44. The minimum atomic E-state index is -0.605. The van der Waals surface area contributed by atoms with Gasteiger partial charge in [0.05, 0.1) is 13.2 Å². The van der Waals surface area contributed by atoms with E-state index in [-0.39, 0.29) is 13.2 Å². The zero-order valence-electron chi connectivity index (χ0n) is 10.2. The average Bonchev–Trinajstić information content (AvgIpc) is 2.31. The third-order valence-electron chi connectivity index (χ3n) is 2.65. The molecule has 1 aromatic carbocycles. The highest BCUT2D eigenvalue weighted by Crippen LogP contribution is 2.19. The third kappa shape index (κ3) is 4.73. The molecule has 4 heteroatoms. The lowest BCUT2D eigenvalue weighted by Crippen LogP contribution is -2.41. The SMILES string of the molecule is CC(N)(CO)CCOc1ccccc1CCO. The largest absolute Gasteiger partial charge is 0.493 e. The second-order valence-electron chi connectivity index (χ2n) is 4.49. The van der Waals surface area contributed by atoms with Gasteiger partial charge in [0.1, 0.15) is 5.75 Å². The van der Waals surface area contributed by atoms with E-state index in [1.807, 2.05) is 24.3 Å². The van der Waals surface area contributed by atoms with Crippen LogP contribution in [0.5, 0.6) is 5.75 Å². The second-order valence-corrected chi connectivity index (χ2v) is 4.49. The summed E-state index contributed by atoms with van der Waals surface area (Å²) in [7, 11) is 0. The highest BCUT2D eigenvalue weighted by molar-refractivity contribution is 5.33. The first-order valence-corrected chi connectivity index (χ1v) is 5.80. The molecule has 1 unspecified atom stereocenters. The minimum absolute atomic E-state index is 0.0609. The number of para-hydroxylation sites is 1. The number of rotatable bonds is 7. The van der Waals surface area contributed by atoms with E-state index < -0.39 is 5.54 Å². The lowest BCUT2D eigenvalue weighted by atomic mass is 10.0. The van der Waals surface area contributed by atoms with Crippen molar-refractivity contribution in [3.63, 3.8) is 0 Å². The van der Waals surface area contributed by atoms with Crippen molar-refractivity contribution in [2.45, 2.75) is 25.3 Å². The molecule has 1 atom stereocenters. The molecule has 0 saturated carbocycles. The summed E-state index contributed by atoms with van der Waals surface area (Å²) in [5.41, 5.74) is 6.19. The summed E-state index contributed by atoms with van der Waals surface area (Å²) in [6.45, 7) is 2.28. The molecular formula is C13H21NO3. The number of hydrogen-bond donors (Lipinski definition) is 3. The lowest BCUT2D eigenvalue weighted by Gasteiger charge is -2.21.